The standard InChI is InChI=1S/C19H11F2N7O/c20-14-8-12(2-1-7-22)9-15(21)16(14)25-19-26-17(18(29)27-28-19)24-13-5-3-11(10-23)4-6-13/h1-6,8-9H,(H,27,29)(H2,24,25,26,28). The predicted octanol–water partition coefficient (Wildman–Crippen LogP) is 3.34. The van der Waals surface area contributed by atoms with Gasteiger partial charge in [-0.25, -0.2) is 13.9 Å². The van der Waals surface area contributed by atoms with Crippen LogP contribution in [0.15, 0.2) is 47.3 Å². The summed E-state index contributed by atoms with van der Waals surface area (Å²) in [5.41, 5.74) is -0.0929. The largest absolute Gasteiger partial charge is 0.335 e. The van der Waals surface area contributed by atoms with E-state index in [1.807, 2.05) is 6.07 Å². The minimum absolute atomic E-state index is 0.164. The normalized spacial score (nSPS) is 10.3. The van der Waals surface area contributed by atoms with Crippen molar-refractivity contribution in [2.24, 2.45) is 0 Å². The zero-order valence-electron chi connectivity index (χ0n) is 14.6. The first-order valence-electron chi connectivity index (χ1n) is 8.06. The maximum absolute atomic E-state index is 14.2. The fourth-order valence-corrected chi connectivity index (χ4v) is 2.30. The quantitative estimate of drug-likeness (QED) is 0.569. The van der Waals surface area contributed by atoms with Gasteiger partial charge in [-0.1, -0.05) is 0 Å². The van der Waals surface area contributed by atoms with Crippen molar-refractivity contribution in [1.82, 2.24) is 15.2 Å². The number of nitrogens with one attached hydrogen (secondary N) is 3. The highest BCUT2D eigenvalue weighted by molar-refractivity contribution is 5.62. The number of rotatable bonds is 5. The second-order valence-corrected chi connectivity index (χ2v) is 5.60. The number of hydrogen-bond donors (Lipinski definition) is 3. The third kappa shape index (κ3) is 4.59. The molecule has 0 amide bonds. The smallest absolute Gasteiger partial charge is 0.307 e. The Kier molecular flexibility index (Phi) is 5.57. The van der Waals surface area contributed by atoms with E-state index in [9.17, 15) is 13.6 Å². The Hall–Kier alpha value is -4.57. The van der Waals surface area contributed by atoms with E-state index in [-0.39, 0.29) is 17.3 Å². The van der Waals surface area contributed by atoms with Crippen molar-refractivity contribution in [2.45, 2.75) is 0 Å². The summed E-state index contributed by atoms with van der Waals surface area (Å²) in [4.78, 5) is 15.9. The molecule has 3 rings (SSSR count). The van der Waals surface area contributed by atoms with Gasteiger partial charge in [-0.05, 0) is 48.0 Å². The highest BCUT2D eigenvalue weighted by atomic mass is 19.1. The van der Waals surface area contributed by atoms with E-state index in [2.05, 4.69) is 25.8 Å². The molecule has 0 aliphatic rings. The van der Waals surface area contributed by atoms with Crippen molar-refractivity contribution in [2.75, 3.05) is 10.6 Å². The number of nitriles is 2. The van der Waals surface area contributed by atoms with E-state index >= 15 is 0 Å². The molecular weight excluding hydrogens is 380 g/mol. The Morgan fingerprint density at radius 2 is 1.76 bits per heavy atom. The van der Waals surface area contributed by atoms with Crippen LogP contribution in [-0.2, 0) is 0 Å². The Balaban J connectivity index is 1.86. The highest BCUT2D eigenvalue weighted by Gasteiger charge is 2.13. The summed E-state index contributed by atoms with van der Waals surface area (Å²) in [5, 5.41) is 28.2. The summed E-state index contributed by atoms with van der Waals surface area (Å²) in [5.74, 6) is -2.28. The van der Waals surface area contributed by atoms with Gasteiger partial charge in [-0.3, -0.25) is 4.79 Å². The Labute approximate surface area is 162 Å². The summed E-state index contributed by atoms with van der Waals surface area (Å²) in [6.45, 7) is 0. The van der Waals surface area contributed by atoms with Crippen LogP contribution in [0.4, 0.5) is 31.9 Å². The molecule has 0 aliphatic heterocycles. The van der Waals surface area contributed by atoms with Crippen molar-refractivity contribution in [3.8, 4) is 12.1 Å². The lowest BCUT2D eigenvalue weighted by Crippen LogP contribution is -2.17. The van der Waals surface area contributed by atoms with Gasteiger partial charge in [0.1, 0.15) is 17.3 Å². The van der Waals surface area contributed by atoms with Gasteiger partial charge in [0.05, 0.1) is 17.7 Å². The molecule has 0 saturated heterocycles. The van der Waals surface area contributed by atoms with Crippen LogP contribution in [0.25, 0.3) is 6.08 Å². The Morgan fingerprint density at radius 1 is 1.07 bits per heavy atom. The third-order valence-corrected chi connectivity index (χ3v) is 3.62. The van der Waals surface area contributed by atoms with E-state index in [0.717, 1.165) is 18.2 Å². The van der Waals surface area contributed by atoms with Crippen LogP contribution >= 0.6 is 0 Å². The van der Waals surface area contributed by atoms with Crippen molar-refractivity contribution in [3.05, 3.63) is 75.6 Å². The molecule has 0 atom stereocenters. The first-order valence-corrected chi connectivity index (χ1v) is 8.06. The Morgan fingerprint density at radius 3 is 2.38 bits per heavy atom. The number of anilines is 4. The molecular formula is C19H11F2N7O. The summed E-state index contributed by atoms with van der Waals surface area (Å²) in [6.07, 6.45) is 2.35. The first kappa shape index (κ1) is 19.2. The molecule has 0 bridgehead atoms. The van der Waals surface area contributed by atoms with Crippen molar-refractivity contribution < 1.29 is 8.78 Å². The molecule has 0 spiro atoms. The molecule has 0 radical (unpaired) electrons. The van der Waals surface area contributed by atoms with Gasteiger partial charge in [-0.2, -0.15) is 15.5 Å². The number of aromatic amines is 1. The molecule has 0 saturated carbocycles. The van der Waals surface area contributed by atoms with Crippen LogP contribution in [0.3, 0.4) is 0 Å². The summed E-state index contributed by atoms with van der Waals surface area (Å²) in [6, 6.07) is 12.0. The minimum Gasteiger partial charge on any atom is -0.335 e. The van der Waals surface area contributed by atoms with E-state index in [0.29, 0.717) is 11.3 Å². The van der Waals surface area contributed by atoms with Crippen LogP contribution < -0.4 is 16.2 Å². The number of H-pyrrole nitrogens is 1. The van der Waals surface area contributed by atoms with Gasteiger partial charge in [0.15, 0.2) is 0 Å². The zero-order valence-corrected chi connectivity index (χ0v) is 14.6. The molecule has 10 heteroatoms. The van der Waals surface area contributed by atoms with Crippen LogP contribution in [0, 0.1) is 34.3 Å². The van der Waals surface area contributed by atoms with Crippen LogP contribution in [0.2, 0.25) is 0 Å². The molecule has 3 N–H and O–H groups in total. The first-order chi connectivity index (χ1) is 14.0. The molecule has 29 heavy (non-hydrogen) atoms. The molecule has 142 valence electrons. The van der Waals surface area contributed by atoms with Crippen molar-refractivity contribution in [3.63, 3.8) is 0 Å². The molecule has 2 aromatic carbocycles. The number of benzene rings is 2. The number of nitrogens with zero attached hydrogens (tertiary/aromatic N) is 4. The van der Waals surface area contributed by atoms with Gasteiger partial charge < -0.3 is 10.6 Å². The summed E-state index contributed by atoms with van der Waals surface area (Å²) >= 11 is 0. The van der Waals surface area contributed by atoms with Crippen molar-refractivity contribution in [1.29, 1.82) is 10.5 Å². The molecule has 8 nitrogen and oxygen atoms in total. The molecule has 0 aliphatic carbocycles. The van der Waals surface area contributed by atoms with Crippen LogP contribution in [0.1, 0.15) is 11.1 Å². The fraction of sp³-hybridized carbons (Fsp3) is 0. The molecule has 1 aromatic heterocycles. The lowest BCUT2D eigenvalue weighted by Gasteiger charge is -2.10. The van der Waals surface area contributed by atoms with Crippen LogP contribution in [0.5, 0.6) is 0 Å². The number of allylic oxidation sites excluding steroid dienone is 1. The lowest BCUT2D eigenvalue weighted by atomic mass is 10.1. The number of halogens is 2. The second kappa shape index (κ2) is 8.41. The predicted molar refractivity (Wildman–Crippen MR) is 101 cm³/mol. The van der Waals surface area contributed by atoms with Gasteiger partial charge in [0.2, 0.25) is 11.8 Å². The van der Waals surface area contributed by atoms with E-state index in [1.165, 1.54) is 6.08 Å². The van der Waals surface area contributed by atoms with Gasteiger partial charge in [0, 0.05) is 11.8 Å². The van der Waals surface area contributed by atoms with E-state index in [4.69, 9.17) is 10.5 Å². The van der Waals surface area contributed by atoms with Crippen LogP contribution in [-0.4, -0.2) is 15.2 Å². The van der Waals surface area contributed by atoms with Crippen molar-refractivity contribution >= 4 is 29.2 Å². The fourth-order valence-electron chi connectivity index (χ4n) is 2.30. The maximum atomic E-state index is 14.2. The third-order valence-electron chi connectivity index (χ3n) is 3.62. The summed E-state index contributed by atoms with van der Waals surface area (Å²) < 4.78 is 28.5. The van der Waals surface area contributed by atoms with Gasteiger partial charge in [0.25, 0.3) is 0 Å². The minimum atomic E-state index is -0.931. The zero-order chi connectivity index (χ0) is 20.8. The average Bonchev–Trinajstić information content (AvgIpc) is 2.72. The molecule has 3 aromatic rings. The highest BCUT2D eigenvalue weighted by Crippen LogP contribution is 2.24. The van der Waals surface area contributed by atoms with E-state index in [1.54, 1.807) is 30.3 Å². The average molecular weight is 391 g/mol. The molecule has 0 fully saturated rings. The van der Waals surface area contributed by atoms with Gasteiger partial charge >= 0.3 is 5.56 Å². The lowest BCUT2D eigenvalue weighted by molar-refractivity contribution is 0.589. The topological polar surface area (TPSA) is 130 Å². The summed E-state index contributed by atoms with van der Waals surface area (Å²) in [7, 11) is 0. The second-order valence-electron chi connectivity index (χ2n) is 5.60. The SMILES string of the molecule is N#CC=Cc1cc(F)c(Nc2n[nH]c(=O)c(Nc3ccc(C#N)cc3)n2)c(F)c1. The monoisotopic (exact) mass is 391 g/mol. The number of hydrogen-bond acceptors (Lipinski definition) is 7. The molecule has 1 heterocycles. The Bertz CT molecular complexity index is 1200. The van der Waals surface area contributed by atoms with Gasteiger partial charge in [-0.15, -0.1) is 5.10 Å². The molecule has 0 unspecified atom stereocenters. The number of aromatic nitrogens is 3. The van der Waals surface area contributed by atoms with E-state index < -0.39 is 22.9 Å². The maximum Gasteiger partial charge on any atom is 0.307 e.